The maximum Gasteiger partial charge on any atom is 0.275 e. The van der Waals surface area contributed by atoms with Crippen molar-refractivity contribution in [3.05, 3.63) is 58.6 Å². The standard InChI is InChI=1S/C23H26ClN3O3/c1-15(26-27-23(29)20-14-18(24)11-12-21(20)30-2)17-9-6-10-19(13-17)25-22(28)16-7-4-3-5-8-16/h6,9-14,16H,3-5,7-8H2,1-2H3,(H,25,28)(H,27,29)/b26-15-. The van der Waals surface area contributed by atoms with E-state index in [0.29, 0.717) is 22.0 Å². The Kier molecular flexibility index (Phi) is 7.46. The molecule has 0 radical (unpaired) electrons. The van der Waals surface area contributed by atoms with Crippen molar-refractivity contribution >= 4 is 34.8 Å². The maximum atomic E-state index is 12.5. The summed E-state index contributed by atoms with van der Waals surface area (Å²) in [6.45, 7) is 1.79. The number of nitrogens with one attached hydrogen (secondary N) is 2. The highest BCUT2D eigenvalue weighted by molar-refractivity contribution is 6.31. The lowest BCUT2D eigenvalue weighted by Crippen LogP contribution is -2.24. The number of hydrazone groups is 1. The highest BCUT2D eigenvalue weighted by Gasteiger charge is 2.21. The number of ether oxygens (including phenoxy) is 1. The van der Waals surface area contributed by atoms with E-state index >= 15 is 0 Å². The Hall–Kier alpha value is -2.86. The highest BCUT2D eigenvalue weighted by Crippen LogP contribution is 2.25. The predicted molar refractivity (Wildman–Crippen MR) is 119 cm³/mol. The van der Waals surface area contributed by atoms with E-state index in [9.17, 15) is 9.59 Å². The Morgan fingerprint density at radius 3 is 2.60 bits per heavy atom. The van der Waals surface area contributed by atoms with Crippen LogP contribution in [0.1, 0.15) is 54.9 Å². The molecule has 6 nitrogen and oxygen atoms in total. The van der Waals surface area contributed by atoms with Crippen molar-refractivity contribution < 1.29 is 14.3 Å². The van der Waals surface area contributed by atoms with Gasteiger partial charge in [0.1, 0.15) is 5.75 Å². The number of methoxy groups -OCH3 is 1. The smallest absolute Gasteiger partial charge is 0.275 e. The van der Waals surface area contributed by atoms with Crippen LogP contribution in [0.25, 0.3) is 0 Å². The molecule has 0 bridgehead atoms. The monoisotopic (exact) mass is 427 g/mol. The molecule has 0 spiro atoms. The van der Waals surface area contributed by atoms with Crippen molar-refractivity contribution in [3.63, 3.8) is 0 Å². The summed E-state index contributed by atoms with van der Waals surface area (Å²) in [6.07, 6.45) is 5.33. The molecule has 2 aromatic carbocycles. The van der Waals surface area contributed by atoms with Crippen LogP contribution < -0.4 is 15.5 Å². The topological polar surface area (TPSA) is 79.8 Å². The molecule has 2 N–H and O–H groups in total. The largest absolute Gasteiger partial charge is 0.496 e. The SMILES string of the molecule is COc1ccc(Cl)cc1C(=O)N/N=C(/C)c1cccc(NC(=O)C2CCCCC2)c1. The summed E-state index contributed by atoms with van der Waals surface area (Å²) in [5.74, 6) is 0.152. The van der Waals surface area contributed by atoms with Gasteiger partial charge < -0.3 is 10.1 Å². The van der Waals surface area contributed by atoms with Crippen LogP contribution in [0.3, 0.4) is 0 Å². The van der Waals surface area contributed by atoms with E-state index in [1.165, 1.54) is 19.6 Å². The fraction of sp³-hybridized carbons (Fsp3) is 0.348. The average molecular weight is 428 g/mol. The first-order chi connectivity index (χ1) is 14.5. The minimum atomic E-state index is -0.421. The van der Waals surface area contributed by atoms with Gasteiger partial charge >= 0.3 is 0 Å². The van der Waals surface area contributed by atoms with Gasteiger partial charge in [-0.25, -0.2) is 5.43 Å². The Bertz CT molecular complexity index is 952. The molecular formula is C23H26ClN3O3. The molecular weight excluding hydrogens is 402 g/mol. The Balaban J connectivity index is 1.67. The van der Waals surface area contributed by atoms with Gasteiger partial charge in [-0.15, -0.1) is 0 Å². The second kappa shape index (κ2) is 10.3. The number of benzene rings is 2. The van der Waals surface area contributed by atoms with E-state index in [-0.39, 0.29) is 11.8 Å². The molecule has 0 aromatic heterocycles. The first-order valence-corrected chi connectivity index (χ1v) is 10.4. The van der Waals surface area contributed by atoms with Crippen LogP contribution in [0.15, 0.2) is 47.6 Å². The molecule has 3 rings (SSSR count). The van der Waals surface area contributed by atoms with E-state index in [1.807, 2.05) is 24.3 Å². The fourth-order valence-corrected chi connectivity index (χ4v) is 3.72. The van der Waals surface area contributed by atoms with Gasteiger partial charge in [0.2, 0.25) is 5.91 Å². The van der Waals surface area contributed by atoms with Crippen molar-refractivity contribution in [1.82, 2.24) is 5.43 Å². The zero-order chi connectivity index (χ0) is 21.5. The number of halogens is 1. The van der Waals surface area contributed by atoms with Gasteiger partial charge in [0, 0.05) is 16.6 Å². The van der Waals surface area contributed by atoms with Crippen LogP contribution in [0.5, 0.6) is 5.75 Å². The molecule has 0 heterocycles. The highest BCUT2D eigenvalue weighted by atomic mass is 35.5. The van der Waals surface area contributed by atoms with Crippen molar-refractivity contribution in [2.45, 2.75) is 39.0 Å². The van der Waals surface area contributed by atoms with Crippen LogP contribution in [0.2, 0.25) is 5.02 Å². The summed E-state index contributed by atoms with van der Waals surface area (Å²) < 4.78 is 5.21. The number of nitrogens with zero attached hydrogens (tertiary/aromatic N) is 1. The molecule has 0 atom stereocenters. The zero-order valence-corrected chi connectivity index (χ0v) is 18.0. The number of carbonyl (C=O) groups is 2. The van der Waals surface area contributed by atoms with Crippen LogP contribution in [-0.4, -0.2) is 24.6 Å². The zero-order valence-electron chi connectivity index (χ0n) is 17.2. The van der Waals surface area contributed by atoms with Gasteiger partial charge in [-0.05, 0) is 55.7 Å². The summed E-state index contributed by atoms with van der Waals surface area (Å²) in [7, 11) is 1.49. The summed E-state index contributed by atoms with van der Waals surface area (Å²) >= 11 is 5.99. The van der Waals surface area contributed by atoms with Crippen molar-refractivity contribution in [1.29, 1.82) is 0 Å². The molecule has 158 valence electrons. The number of hydrogen-bond acceptors (Lipinski definition) is 4. The third kappa shape index (κ3) is 5.60. The molecule has 0 saturated heterocycles. The van der Waals surface area contributed by atoms with E-state index in [1.54, 1.807) is 19.1 Å². The molecule has 1 fully saturated rings. The molecule has 0 aliphatic heterocycles. The fourth-order valence-electron chi connectivity index (χ4n) is 3.55. The summed E-state index contributed by atoms with van der Waals surface area (Å²) in [5.41, 5.74) is 4.97. The van der Waals surface area contributed by atoms with Crippen LogP contribution in [-0.2, 0) is 4.79 Å². The number of anilines is 1. The van der Waals surface area contributed by atoms with E-state index in [2.05, 4.69) is 15.8 Å². The van der Waals surface area contributed by atoms with Crippen LogP contribution in [0, 0.1) is 5.92 Å². The minimum Gasteiger partial charge on any atom is -0.496 e. The molecule has 1 aliphatic rings. The number of amides is 2. The molecule has 1 saturated carbocycles. The normalized spacial score (nSPS) is 14.8. The lowest BCUT2D eigenvalue weighted by Gasteiger charge is -2.20. The summed E-state index contributed by atoms with van der Waals surface area (Å²) in [6, 6.07) is 12.2. The third-order valence-electron chi connectivity index (χ3n) is 5.26. The second-order valence-corrected chi connectivity index (χ2v) is 7.82. The molecule has 7 heteroatoms. The van der Waals surface area contributed by atoms with E-state index in [4.69, 9.17) is 16.3 Å². The van der Waals surface area contributed by atoms with Gasteiger partial charge in [0.25, 0.3) is 5.91 Å². The quantitative estimate of drug-likeness (QED) is 0.501. The Labute approximate surface area is 181 Å². The van der Waals surface area contributed by atoms with Gasteiger partial charge in [-0.2, -0.15) is 5.10 Å². The second-order valence-electron chi connectivity index (χ2n) is 7.39. The van der Waals surface area contributed by atoms with Gasteiger partial charge in [-0.1, -0.05) is 43.0 Å². The molecule has 0 unspecified atom stereocenters. The van der Waals surface area contributed by atoms with Crippen molar-refractivity contribution in [2.75, 3.05) is 12.4 Å². The summed E-state index contributed by atoms with van der Waals surface area (Å²) in [5, 5.41) is 7.63. The minimum absolute atomic E-state index is 0.0720. The first-order valence-electron chi connectivity index (χ1n) is 10.1. The number of rotatable bonds is 6. The molecule has 2 amide bonds. The third-order valence-corrected chi connectivity index (χ3v) is 5.49. The predicted octanol–water partition coefficient (Wildman–Crippen LogP) is 5.02. The average Bonchev–Trinajstić information content (AvgIpc) is 2.78. The molecule has 1 aliphatic carbocycles. The van der Waals surface area contributed by atoms with Gasteiger partial charge in [-0.3, -0.25) is 9.59 Å². The van der Waals surface area contributed by atoms with E-state index in [0.717, 1.165) is 36.9 Å². The molecule has 30 heavy (non-hydrogen) atoms. The number of hydrogen-bond donors (Lipinski definition) is 2. The maximum absolute atomic E-state index is 12.5. The van der Waals surface area contributed by atoms with Crippen LogP contribution in [0.4, 0.5) is 5.69 Å². The van der Waals surface area contributed by atoms with Crippen molar-refractivity contribution in [3.8, 4) is 5.75 Å². The molecule has 2 aromatic rings. The van der Waals surface area contributed by atoms with E-state index < -0.39 is 5.91 Å². The van der Waals surface area contributed by atoms with Crippen LogP contribution >= 0.6 is 11.6 Å². The lowest BCUT2D eigenvalue weighted by atomic mass is 9.88. The lowest BCUT2D eigenvalue weighted by molar-refractivity contribution is -0.120. The number of carbonyl (C=O) groups excluding carboxylic acids is 2. The van der Waals surface area contributed by atoms with Crippen molar-refractivity contribution in [2.24, 2.45) is 11.0 Å². The Morgan fingerprint density at radius 1 is 1.10 bits per heavy atom. The Morgan fingerprint density at radius 2 is 1.87 bits per heavy atom. The first kappa shape index (κ1) is 21.8. The summed E-state index contributed by atoms with van der Waals surface area (Å²) in [4.78, 5) is 25.0. The van der Waals surface area contributed by atoms with Gasteiger partial charge in [0.15, 0.2) is 0 Å². The van der Waals surface area contributed by atoms with Gasteiger partial charge in [0.05, 0.1) is 18.4 Å².